The Labute approximate surface area is 163 Å². The lowest BCUT2D eigenvalue weighted by atomic mass is 10.0. The summed E-state index contributed by atoms with van der Waals surface area (Å²) >= 11 is 0. The summed E-state index contributed by atoms with van der Waals surface area (Å²) in [6.45, 7) is 0.393. The van der Waals surface area contributed by atoms with E-state index in [-0.39, 0.29) is 5.69 Å². The Kier molecular flexibility index (Phi) is 5.02. The molecule has 0 aliphatic heterocycles. The lowest BCUT2D eigenvalue weighted by molar-refractivity contribution is 0.0594. The van der Waals surface area contributed by atoms with Crippen molar-refractivity contribution in [2.75, 3.05) is 7.11 Å². The Bertz CT molecular complexity index is 1110. The van der Waals surface area contributed by atoms with Crippen LogP contribution in [0.4, 0.5) is 0 Å². The summed E-state index contributed by atoms with van der Waals surface area (Å²) in [7, 11) is 1.34. The minimum absolute atomic E-state index is 0.232. The molecule has 28 heavy (non-hydrogen) atoms. The molecule has 1 aromatic heterocycles. The van der Waals surface area contributed by atoms with Crippen LogP contribution in [0, 0.1) is 0 Å². The molecule has 0 radical (unpaired) electrons. The molecular formula is C24H19NO3. The first-order chi connectivity index (χ1) is 13.7. The maximum atomic E-state index is 11.9. The first-order valence-corrected chi connectivity index (χ1v) is 9.00. The van der Waals surface area contributed by atoms with Crippen LogP contribution in [0.2, 0.25) is 0 Å². The number of hydrogen-bond donors (Lipinski definition) is 0. The molecule has 0 bridgehead atoms. The summed E-state index contributed by atoms with van der Waals surface area (Å²) < 4.78 is 10.8. The highest BCUT2D eigenvalue weighted by Crippen LogP contribution is 2.27. The van der Waals surface area contributed by atoms with Crippen LogP contribution in [0.25, 0.3) is 22.0 Å². The number of carbonyl (C=O) groups excluding carboxylic acids is 1. The molecule has 4 rings (SSSR count). The smallest absolute Gasteiger partial charge is 0.356 e. The lowest BCUT2D eigenvalue weighted by Gasteiger charge is -2.11. The van der Waals surface area contributed by atoms with Gasteiger partial charge >= 0.3 is 5.97 Å². The number of para-hydroxylation sites is 1. The highest BCUT2D eigenvalue weighted by molar-refractivity contribution is 5.94. The number of hydrogen-bond acceptors (Lipinski definition) is 4. The fourth-order valence-electron chi connectivity index (χ4n) is 3.06. The van der Waals surface area contributed by atoms with E-state index in [9.17, 15) is 4.79 Å². The molecule has 0 N–H and O–H groups in total. The minimum Gasteiger partial charge on any atom is -0.488 e. The van der Waals surface area contributed by atoms with Gasteiger partial charge in [-0.15, -0.1) is 0 Å². The summed E-state index contributed by atoms with van der Waals surface area (Å²) in [6, 6.07) is 27.7. The largest absolute Gasteiger partial charge is 0.488 e. The van der Waals surface area contributed by atoms with Crippen molar-refractivity contribution in [2.45, 2.75) is 6.61 Å². The molecule has 4 aromatic rings. The number of ether oxygens (including phenoxy) is 2. The maximum Gasteiger partial charge on any atom is 0.356 e. The SMILES string of the molecule is COC(=O)c1cc(OCc2ccc(-c3ccccc3)cc2)c2ccccc2n1. The molecule has 0 saturated carbocycles. The molecule has 0 amide bonds. The molecule has 0 atom stereocenters. The number of nitrogens with zero attached hydrogens (tertiary/aromatic N) is 1. The van der Waals surface area contributed by atoms with E-state index in [1.165, 1.54) is 12.7 Å². The van der Waals surface area contributed by atoms with E-state index >= 15 is 0 Å². The normalized spacial score (nSPS) is 10.6. The molecule has 0 saturated heterocycles. The van der Waals surface area contributed by atoms with Gasteiger partial charge in [0.2, 0.25) is 0 Å². The quantitative estimate of drug-likeness (QED) is 0.450. The van der Waals surface area contributed by atoms with Gasteiger partial charge in [0.15, 0.2) is 5.69 Å². The second kappa shape index (κ2) is 7.92. The van der Waals surface area contributed by atoms with Crippen molar-refractivity contribution in [3.8, 4) is 16.9 Å². The predicted molar refractivity (Wildman–Crippen MR) is 109 cm³/mol. The van der Waals surface area contributed by atoms with E-state index in [0.717, 1.165) is 16.5 Å². The van der Waals surface area contributed by atoms with Crippen molar-refractivity contribution in [3.05, 3.63) is 96.2 Å². The number of fused-ring (bicyclic) bond motifs is 1. The molecule has 0 fully saturated rings. The van der Waals surface area contributed by atoms with Crippen LogP contribution in [0.3, 0.4) is 0 Å². The number of carbonyl (C=O) groups is 1. The summed E-state index contributed by atoms with van der Waals surface area (Å²) in [4.78, 5) is 16.3. The van der Waals surface area contributed by atoms with Gasteiger partial charge < -0.3 is 9.47 Å². The Balaban J connectivity index is 1.57. The average Bonchev–Trinajstić information content (AvgIpc) is 2.77. The number of benzene rings is 3. The van der Waals surface area contributed by atoms with Crippen molar-refractivity contribution in [2.24, 2.45) is 0 Å². The van der Waals surface area contributed by atoms with Crippen molar-refractivity contribution >= 4 is 16.9 Å². The molecule has 4 nitrogen and oxygen atoms in total. The first-order valence-electron chi connectivity index (χ1n) is 9.00. The van der Waals surface area contributed by atoms with E-state index in [4.69, 9.17) is 9.47 Å². The Morgan fingerprint density at radius 3 is 2.29 bits per heavy atom. The topological polar surface area (TPSA) is 48.4 Å². The van der Waals surface area contributed by atoms with Crippen molar-refractivity contribution in [1.82, 2.24) is 4.98 Å². The summed E-state index contributed by atoms with van der Waals surface area (Å²) in [6.07, 6.45) is 0. The van der Waals surface area contributed by atoms with E-state index in [2.05, 4.69) is 29.2 Å². The van der Waals surface area contributed by atoms with Gasteiger partial charge in [-0.25, -0.2) is 9.78 Å². The van der Waals surface area contributed by atoms with Gasteiger partial charge in [-0.2, -0.15) is 0 Å². The van der Waals surface area contributed by atoms with Gasteiger partial charge in [0.1, 0.15) is 12.4 Å². The van der Waals surface area contributed by atoms with Crippen LogP contribution < -0.4 is 4.74 Å². The van der Waals surface area contributed by atoms with E-state index < -0.39 is 5.97 Å². The molecular weight excluding hydrogens is 350 g/mol. The lowest BCUT2D eigenvalue weighted by Crippen LogP contribution is -2.06. The fraction of sp³-hybridized carbons (Fsp3) is 0.0833. The Hall–Kier alpha value is -3.66. The monoisotopic (exact) mass is 369 g/mol. The van der Waals surface area contributed by atoms with Crippen LogP contribution >= 0.6 is 0 Å². The van der Waals surface area contributed by atoms with Crippen molar-refractivity contribution < 1.29 is 14.3 Å². The molecule has 0 unspecified atom stereocenters. The van der Waals surface area contributed by atoms with E-state index in [1.807, 2.05) is 54.6 Å². The fourth-order valence-corrected chi connectivity index (χ4v) is 3.06. The van der Waals surface area contributed by atoms with Crippen LogP contribution in [-0.4, -0.2) is 18.1 Å². The third-order valence-corrected chi connectivity index (χ3v) is 4.53. The minimum atomic E-state index is -0.484. The summed E-state index contributed by atoms with van der Waals surface area (Å²) in [5.74, 6) is 0.126. The zero-order valence-corrected chi connectivity index (χ0v) is 15.5. The number of esters is 1. The molecule has 0 aliphatic rings. The Morgan fingerprint density at radius 1 is 0.857 bits per heavy atom. The van der Waals surface area contributed by atoms with Crippen molar-refractivity contribution in [1.29, 1.82) is 0 Å². The predicted octanol–water partition coefficient (Wildman–Crippen LogP) is 5.27. The third kappa shape index (κ3) is 3.71. The number of pyridine rings is 1. The summed E-state index contributed by atoms with van der Waals surface area (Å²) in [5, 5.41) is 0.857. The molecule has 3 aromatic carbocycles. The van der Waals surface area contributed by atoms with Crippen molar-refractivity contribution in [3.63, 3.8) is 0 Å². The van der Waals surface area contributed by atoms with Gasteiger partial charge in [0.25, 0.3) is 0 Å². The van der Waals surface area contributed by atoms with Crippen LogP contribution in [0.5, 0.6) is 5.75 Å². The average molecular weight is 369 g/mol. The van der Waals surface area contributed by atoms with Gasteiger partial charge in [-0.05, 0) is 28.8 Å². The molecule has 138 valence electrons. The second-order valence-corrected chi connectivity index (χ2v) is 6.37. The summed E-state index contributed by atoms with van der Waals surface area (Å²) in [5.41, 5.74) is 4.31. The highest BCUT2D eigenvalue weighted by atomic mass is 16.5. The van der Waals surface area contributed by atoms with Gasteiger partial charge in [-0.1, -0.05) is 66.7 Å². The van der Waals surface area contributed by atoms with Gasteiger partial charge in [-0.3, -0.25) is 0 Å². The van der Waals surface area contributed by atoms with Crippen LogP contribution in [0.15, 0.2) is 84.9 Å². The zero-order chi connectivity index (χ0) is 19.3. The highest BCUT2D eigenvalue weighted by Gasteiger charge is 2.13. The van der Waals surface area contributed by atoms with E-state index in [0.29, 0.717) is 17.9 Å². The maximum absolute atomic E-state index is 11.9. The number of rotatable bonds is 5. The van der Waals surface area contributed by atoms with Crippen LogP contribution in [-0.2, 0) is 11.3 Å². The van der Waals surface area contributed by atoms with Gasteiger partial charge in [0, 0.05) is 11.5 Å². The van der Waals surface area contributed by atoms with E-state index in [1.54, 1.807) is 6.07 Å². The second-order valence-electron chi connectivity index (χ2n) is 6.37. The molecule has 4 heteroatoms. The number of methoxy groups -OCH3 is 1. The number of aromatic nitrogens is 1. The zero-order valence-electron chi connectivity index (χ0n) is 15.5. The Morgan fingerprint density at radius 2 is 1.54 bits per heavy atom. The first kappa shape index (κ1) is 17.7. The van der Waals surface area contributed by atoms with Crippen LogP contribution in [0.1, 0.15) is 16.1 Å². The third-order valence-electron chi connectivity index (χ3n) is 4.53. The molecule has 0 spiro atoms. The molecule has 0 aliphatic carbocycles. The van der Waals surface area contributed by atoms with Gasteiger partial charge in [0.05, 0.1) is 12.6 Å². The standard InChI is InChI=1S/C24H19NO3/c1-27-24(26)22-15-23(20-9-5-6-10-21(20)25-22)28-16-17-11-13-19(14-12-17)18-7-3-2-4-8-18/h2-15H,16H2,1H3. The molecule has 1 heterocycles.